The van der Waals surface area contributed by atoms with E-state index in [1.807, 2.05) is 0 Å². The summed E-state index contributed by atoms with van der Waals surface area (Å²) < 4.78 is 39.9. The Bertz CT molecular complexity index is 1150. The number of benzene rings is 2. The molecule has 3 aromatic rings. The predicted octanol–water partition coefficient (Wildman–Crippen LogP) is 2.97. The Morgan fingerprint density at radius 3 is 2.57 bits per heavy atom. The van der Waals surface area contributed by atoms with Crippen LogP contribution < -0.4 is 10.7 Å². The largest absolute Gasteiger partial charge is 0.545 e. The van der Waals surface area contributed by atoms with Gasteiger partial charge in [-0.2, -0.15) is 13.2 Å². The second-order valence-corrected chi connectivity index (χ2v) is 5.99. The summed E-state index contributed by atoms with van der Waals surface area (Å²) in [5, 5.41) is 11.1. The lowest BCUT2D eigenvalue weighted by Crippen LogP contribution is -2.25. The first-order valence-corrected chi connectivity index (χ1v) is 8.32. The number of fused-ring (bicyclic) bond motifs is 1. The van der Waals surface area contributed by atoms with Crippen LogP contribution in [0.2, 0.25) is 0 Å². The summed E-state index contributed by atoms with van der Waals surface area (Å²) in [5.41, 5.74) is -0.357. The molecule has 0 aliphatic heterocycles. The summed E-state index contributed by atoms with van der Waals surface area (Å²) in [6.45, 7) is 2.06. The van der Waals surface area contributed by atoms with Crippen LogP contribution in [-0.2, 0) is 12.7 Å². The molecule has 0 spiro atoms. The van der Waals surface area contributed by atoms with Crippen molar-refractivity contribution in [2.75, 3.05) is 0 Å². The second-order valence-electron chi connectivity index (χ2n) is 5.99. The molecule has 0 aliphatic carbocycles. The lowest BCUT2D eigenvalue weighted by atomic mass is 10.1. The van der Waals surface area contributed by atoms with E-state index in [0.717, 1.165) is 12.1 Å². The topological polar surface area (TPSA) is 75.0 Å². The number of aryl methyl sites for hydroxylation is 1. The van der Waals surface area contributed by atoms with Crippen LogP contribution >= 0.6 is 0 Å². The van der Waals surface area contributed by atoms with E-state index < -0.39 is 23.3 Å². The van der Waals surface area contributed by atoms with Crippen LogP contribution in [0, 0.1) is 0 Å². The van der Waals surface area contributed by atoms with Crippen molar-refractivity contribution < 1.29 is 23.1 Å². The lowest BCUT2D eigenvalue weighted by Gasteiger charge is -2.11. The van der Waals surface area contributed by atoms with Gasteiger partial charge in [0.05, 0.1) is 22.6 Å². The monoisotopic (exact) mass is 387 g/mol. The molecule has 0 saturated carbocycles. The van der Waals surface area contributed by atoms with Gasteiger partial charge in [0, 0.05) is 6.54 Å². The van der Waals surface area contributed by atoms with Gasteiger partial charge < -0.3 is 14.5 Å². The van der Waals surface area contributed by atoms with E-state index in [4.69, 9.17) is 0 Å². The van der Waals surface area contributed by atoms with E-state index in [1.54, 1.807) is 6.92 Å². The number of hydrogen-bond acceptors (Lipinski definition) is 4. The Morgan fingerprint density at radius 2 is 1.93 bits per heavy atom. The molecule has 0 atom stereocenters. The molecule has 144 valence electrons. The van der Waals surface area contributed by atoms with Crippen molar-refractivity contribution in [2.24, 2.45) is 0 Å². The Labute approximate surface area is 157 Å². The summed E-state index contributed by atoms with van der Waals surface area (Å²) in [6.07, 6.45) is -1.80. The molecule has 0 bridgehead atoms. The summed E-state index contributed by atoms with van der Waals surface area (Å²) in [4.78, 5) is 27.9. The molecule has 5 nitrogen and oxygen atoms in total. The third kappa shape index (κ3) is 3.80. The van der Waals surface area contributed by atoms with Crippen molar-refractivity contribution in [3.8, 4) is 0 Å². The van der Waals surface area contributed by atoms with Crippen LogP contribution in [0.1, 0.15) is 34.1 Å². The number of halogens is 3. The van der Waals surface area contributed by atoms with Crippen molar-refractivity contribution >= 4 is 29.2 Å². The maximum absolute atomic E-state index is 12.8. The normalized spacial score (nSPS) is 12.0. The molecule has 0 fully saturated rings. The number of hydrogen-bond donors (Lipinski definition) is 0. The fourth-order valence-corrected chi connectivity index (χ4v) is 2.81. The molecule has 28 heavy (non-hydrogen) atoms. The number of carboxylic acid groups (broad SMARTS) is 1. The van der Waals surface area contributed by atoms with E-state index in [2.05, 4.69) is 4.98 Å². The Morgan fingerprint density at radius 1 is 1.18 bits per heavy atom. The molecule has 0 aliphatic rings. The van der Waals surface area contributed by atoms with E-state index in [-0.39, 0.29) is 22.3 Å². The van der Waals surface area contributed by atoms with E-state index in [1.165, 1.54) is 47.1 Å². The van der Waals surface area contributed by atoms with Gasteiger partial charge in [0.15, 0.2) is 0 Å². The van der Waals surface area contributed by atoms with E-state index >= 15 is 0 Å². The molecule has 0 unspecified atom stereocenters. The van der Waals surface area contributed by atoms with Crippen LogP contribution in [0.25, 0.3) is 23.2 Å². The number of carbonyl (C=O) groups excluding carboxylic acids is 1. The minimum atomic E-state index is -4.47. The number of nitrogens with zero attached hydrogens (tertiary/aromatic N) is 2. The number of aromatic carboxylic acids is 1. The van der Waals surface area contributed by atoms with Crippen LogP contribution in [-0.4, -0.2) is 15.5 Å². The number of carbonyl (C=O) groups is 1. The summed E-state index contributed by atoms with van der Waals surface area (Å²) in [5.74, 6) is -1.38. The SMILES string of the molecule is CCn1c(=O)c(/C=C/c2cccc(C(F)(F)F)c2)nc2cc(C(=O)[O-])ccc21. The Balaban J connectivity index is 2.10. The maximum Gasteiger partial charge on any atom is 0.416 e. The van der Waals surface area contributed by atoms with Crippen molar-refractivity contribution in [1.82, 2.24) is 9.55 Å². The van der Waals surface area contributed by atoms with Gasteiger partial charge in [0.1, 0.15) is 5.69 Å². The van der Waals surface area contributed by atoms with Gasteiger partial charge in [-0.15, -0.1) is 0 Å². The zero-order chi connectivity index (χ0) is 20.5. The van der Waals surface area contributed by atoms with Gasteiger partial charge in [-0.25, -0.2) is 4.98 Å². The molecular weight excluding hydrogens is 373 g/mol. The van der Waals surface area contributed by atoms with E-state index in [0.29, 0.717) is 12.1 Å². The van der Waals surface area contributed by atoms with Gasteiger partial charge in [-0.3, -0.25) is 4.79 Å². The van der Waals surface area contributed by atoms with Crippen LogP contribution in [0.4, 0.5) is 13.2 Å². The van der Waals surface area contributed by atoms with Crippen molar-refractivity contribution in [1.29, 1.82) is 0 Å². The number of aromatic nitrogens is 2. The quantitative estimate of drug-likeness (QED) is 0.690. The van der Waals surface area contributed by atoms with E-state index in [9.17, 15) is 27.9 Å². The van der Waals surface area contributed by atoms with Gasteiger partial charge in [-0.05, 0) is 48.4 Å². The highest BCUT2D eigenvalue weighted by Gasteiger charge is 2.30. The van der Waals surface area contributed by atoms with Gasteiger partial charge in [-0.1, -0.05) is 24.3 Å². The van der Waals surface area contributed by atoms with Crippen molar-refractivity contribution in [3.05, 3.63) is 75.2 Å². The highest BCUT2D eigenvalue weighted by atomic mass is 19.4. The standard InChI is InChI=1S/C20H15F3N2O3/c1-2-25-17-9-7-13(19(27)28)11-16(17)24-15(18(25)26)8-6-12-4-3-5-14(10-12)20(21,22)23/h3-11H,2H2,1H3,(H,27,28)/p-1/b8-6+. The molecule has 3 rings (SSSR count). The molecule has 0 saturated heterocycles. The predicted molar refractivity (Wildman–Crippen MR) is 96.4 cm³/mol. The first kappa shape index (κ1) is 19.3. The second kappa shape index (κ2) is 7.30. The van der Waals surface area contributed by atoms with Crippen LogP contribution in [0.3, 0.4) is 0 Å². The molecule has 0 radical (unpaired) electrons. The fraction of sp³-hybridized carbons (Fsp3) is 0.150. The van der Waals surface area contributed by atoms with Gasteiger partial charge in [0.2, 0.25) is 0 Å². The Hall–Kier alpha value is -3.42. The van der Waals surface area contributed by atoms with Gasteiger partial charge >= 0.3 is 6.18 Å². The molecule has 0 amide bonds. The Kier molecular flexibility index (Phi) is 5.04. The zero-order valence-electron chi connectivity index (χ0n) is 14.7. The van der Waals surface area contributed by atoms with Gasteiger partial charge in [0.25, 0.3) is 5.56 Å². The summed E-state index contributed by atoms with van der Waals surface area (Å²) in [6, 6.07) is 8.74. The fourth-order valence-electron chi connectivity index (χ4n) is 2.81. The molecule has 0 N–H and O–H groups in total. The molecule has 1 heterocycles. The first-order valence-electron chi connectivity index (χ1n) is 8.32. The minimum Gasteiger partial charge on any atom is -0.545 e. The third-order valence-corrected chi connectivity index (χ3v) is 4.17. The molecule has 8 heteroatoms. The minimum absolute atomic E-state index is 0.0118. The highest BCUT2D eigenvalue weighted by molar-refractivity contribution is 5.91. The van der Waals surface area contributed by atoms with Crippen molar-refractivity contribution in [2.45, 2.75) is 19.6 Å². The third-order valence-electron chi connectivity index (χ3n) is 4.17. The van der Waals surface area contributed by atoms with Crippen LogP contribution in [0.15, 0.2) is 47.3 Å². The molecule has 1 aromatic heterocycles. The zero-order valence-corrected chi connectivity index (χ0v) is 14.7. The maximum atomic E-state index is 12.8. The number of rotatable bonds is 4. The molecule has 2 aromatic carbocycles. The summed E-state index contributed by atoms with van der Waals surface area (Å²) >= 11 is 0. The first-order chi connectivity index (χ1) is 13.2. The number of alkyl halides is 3. The number of carboxylic acids is 1. The summed E-state index contributed by atoms with van der Waals surface area (Å²) in [7, 11) is 0. The average molecular weight is 387 g/mol. The average Bonchev–Trinajstić information content (AvgIpc) is 2.65. The smallest absolute Gasteiger partial charge is 0.416 e. The van der Waals surface area contributed by atoms with Crippen LogP contribution in [0.5, 0.6) is 0 Å². The highest BCUT2D eigenvalue weighted by Crippen LogP contribution is 2.29. The molecular formula is C20H14F3N2O3-. The van der Waals surface area contributed by atoms with Crippen molar-refractivity contribution in [3.63, 3.8) is 0 Å². The lowest BCUT2D eigenvalue weighted by molar-refractivity contribution is -0.255.